The first-order chi connectivity index (χ1) is 16.4. The Balaban J connectivity index is 1.94. The van der Waals surface area contributed by atoms with Crippen LogP contribution in [0.25, 0.3) is 0 Å². The number of fused-ring (bicyclic) bond motifs is 1. The van der Waals surface area contributed by atoms with Crippen molar-refractivity contribution in [1.29, 1.82) is 0 Å². The molecule has 4 rings (SSSR count). The molecule has 1 amide bonds. The van der Waals surface area contributed by atoms with Crippen LogP contribution >= 0.6 is 0 Å². The van der Waals surface area contributed by atoms with E-state index in [-0.39, 0.29) is 35.4 Å². The van der Waals surface area contributed by atoms with Gasteiger partial charge in [0.1, 0.15) is 0 Å². The number of carbonyl (C=O) groups excluding carboxylic acids is 2. The van der Waals surface area contributed by atoms with Crippen LogP contribution in [0.3, 0.4) is 0 Å². The fraction of sp³-hybridized carbons (Fsp3) is 0.414. The number of aliphatic carboxylic acids is 1. The molecular weight excluding hydrogens is 440 g/mol. The first-order valence-corrected chi connectivity index (χ1v) is 12.1. The van der Waals surface area contributed by atoms with Crippen molar-refractivity contribution in [3.63, 3.8) is 0 Å². The van der Waals surface area contributed by atoms with E-state index in [9.17, 15) is 19.5 Å². The van der Waals surface area contributed by atoms with Crippen molar-refractivity contribution in [1.82, 2.24) is 0 Å². The summed E-state index contributed by atoms with van der Waals surface area (Å²) in [4.78, 5) is 40.2. The third-order valence-corrected chi connectivity index (χ3v) is 6.81. The summed E-state index contributed by atoms with van der Waals surface area (Å²) in [7, 11) is 0. The molecular formula is C29H34N2O4. The van der Waals surface area contributed by atoms with Crippen molar-refractivity contribution in [3.8, 4) is 0 Å². The zero-order valence-electron chi connectivity index (χ0n) is 21.1. The maximum absolute atomic E-state index is 13.7. The van der Waals surface area contributed by atoms with Crippen LogP contribution < -0.4 is 10.2 Å². The summed E-state index contributed by atoms with van der Waals surface area (Å²) in [6.07, 6.45) is 0.643. The normalized spacial score (nSPS) is 19.4. The summed E-state index contributed by atoms with van der Waals surface area (Å²) in [6.45, 7) is 10.6. The van der Waals surface area contributed by atoms with Crippen LogP contribution in [0, 0.1) is 5.41 Å². The number of hydrogen-bond acceptors (Lipinski definition) is 4. The standard InChI is InChI=1S/C29H34N2O4/c1-28(2,3)19-12-10-18(11-13-19)27-26-21(16-29(4,5)17-23(26)32)30-20-8-6-7-9-22(20)31(27)24(33)14-15-25(34)35/h6-13,27,30H,14-17H2,1-5H3,(H,34,35). The van der Waals surface area contributed by atoms with E-state index in [2.05, 4.69) is 52.1 Å². The lowest BCUT2D eigenvalue weighted by molar-refractivity contribution is -0.138. The van der Waals surface area contributed by atoms with Gasteiger partial charge in [-0.15, -0.1) is 0 Å². The van der Waals surface area contributed by atoms with Gasteiger partial charge in [-0.1, -0.05) is 71.0 Å². The molecule has 0 bridgehead atoms. The first-order valence-electron chi connectivity index (χ1n) is 12.1. The van der Waals surface area contributed by atoms with Gasteiger partial charge in [-0.05, 0) is 40.5 Å². The van der Waals surface area contributed by atoms with Gasteiger partial charge in [0.05, 0.1) is 23.8 Å². The Morgan fingerprint density at radius 2 is 1.69 bits per heavy atom. The minimum absolute atomic E-state index is 0.0116. The van der Waals surface area contributed by atoms with Crippen LogP contribution in [0.5, 0.6) is 0 Å². The molecule has 0 fully saturated rings. The molecule has 6 heteroatoms. The SMILES string of the molecule is CC1(C)CC(=O)C2=C(C1)Nc1ccccc1N(C(=O)CCC(=O)O)C2c1ccc(C(C)(C)C)cc1. The van der Waals surface area contributed by atoms with Gasteiger partial charge in [-0.3, -0.25) is 19.3 Å². The molecule has 2 aromatic carbocycles. The van der Waals surface area contributed by atoms with Gasteiger partial charge >= 0.3 is 5.97 Å². The van der Waals surface area contributed by atoms with E-state index in [0.717, 1.165) is 22.5 Å². The second-order valence-electron chi connectivity index (χ2n) is 11.4. The van der Waals surface area contributed by atoms with Crippen LogP contribution in [-0.2, 0) is 19.8 Å². The highest BCUT2D eigenvalue weighted by atomic mass is 16.4. The number of benzene rings is 2. The largest absolute Gasteiger partial charge is 0.481 e. The molecule has 1 aliphatic heterocycles. The molecule has 2 aromatic rings. The highest BCUT2D eigenvalue weighted by molar-refractivity contribution is 6.06. The smallest absolute Gasteiger partial charge is 0.303 e. The second kappa shape index (κ2) is 8.99. The molecule has 6 nitrogen and oxygen atoms in total. The van der Waals surface area contributed by atoms with Crippen LogP contribution in [0.4, 0.5) is 11.4 Å². The molecule has 0 radical (unpaired) electrons. The maximum Gasteiger partial charge on any atom is 0.303 e. The summed E-state index contributed by atoms with van der Waals surface area (Å²) in [5.74, 6) is -1.34. The van der Waals surface area contributed by atoms with Crippen molar-refractivity contribution < 1.29 is 19.5 Å². The third kappa shape index (κ3) is 5.02. The van der Waals surface area contributed by atoms with Crippen molar-refractivity contribution in [2.24, 2.45) is 5.41 Å². The number of anilines is 2. The fourth-order valence-electron chi connectivity index (χ4n) is 5.08. The number of para-hydroxylation sites is 2. The average Bonchev–Trinajstić information content (AvgIpc) is 2.90. The minimum Gasteiger partial charge on any atom is -0.481 e. The summed E-state index contributed by atoms with van der Waals surface area (Å²) in [6, 6.07) is 14.9. The van der Waals surface area contributed by atoms with Crippen molar-refractivity contribution in [2.75, 3.05) is 10.2 Å². The van der Waals surface area contributed by atoms with Crippen LogP contribution in [0.1, 0.15) is 77.5 Å². The van der Waals surface area contributed by atoms with Crippen molar-refractivity contribution in [2.45, 2.75) is 71.8 Å². The predicted octanol–water partition coefficient (Wildman–Crippen LogP) is 5.99. The Hall–Kier alpha value is -3.41. The van der Waals surface area contributed by atoms with Gasteiger partial charge in [-0.25, -0.2) is 0 Å². The van der Waals surface area contributed by atoms with Gasteiger partial charge in [0, 0.05) is 24.1 Å². The lowest BCUT2D eigenvalue weighted by Gasteiger charge is -2.37. The summed E-state index contributed by atoms with van der Waals surface area (Å²) in [5, 5.41) is 12.7. The Bertz CT molecular complexity index is 1200. The van der Waals surface area contributed by atoms with Gasteiger partial charge in [0.25, 0.3) is 0 Å². The van der Waals surface area contributed by atoms with E-state index in [1.165, 1.54) is 0 Å². The van der Waals surface area contributed by atoms with Gasteiger partial charge < -0.3 is 10.4 Å². The number of rotatable bonds is 4. The number of carboxylic acid groups (broad SMARTS) is 1. The number of nitrogens with one attached hydrogen (secondary N) is 1. The second-order valence-corrected chi connectivity index (χ2v) is 11.4. The Morgan fingerprint density at radius 3 is 2.31 bits per heavy atom. The molecule has 0 saturated carbocycles. The van der Waals surface area contributed by atoms with E-state index < -0.39 is 12.0 Å². The zero-order valence-corrected chi connectivity index (χ0v) is 21.1. The molecule has 1 unspecified atom stereocenters. The number of nitrogens with zero attached hydrogens (tertiary/aromatic N) is 1. The highest BCUT2D eigenvalue weighted by Crippen LogP contribution is 2.48. The number of ketones is 1. The fourth-order valence-corrected chi connectivity index (χ4v) is 5.08. The van der Waals surface area contributed by atoms with E-state index in [1.807, 2.05) is 36.4 Å². The molecule has 1 heterocycles. The molecule has 35 heavy (non-hydrogen) atoms. The molecule has 2 N–H and O–H groups in total. The maximum atomic E-state index is 13.7. The van der Waals surface area contributed by atoms with E-state index in [1.54, 1.807) is 4.90 Å². The molecule has 1 atom stereocenters. The zero-order chi connectivity index (χ0) is 25.5. The highest BCUT2D eigenvalue weighted by Gasteiger charge is 2.43. The van der Waals surface area contributed by atoms with Crippen LogP contribution in [-0.4, -0.2) is 22.8 Å². The van der Waals surface area contributed by atoms with Crippen molar-refractivity contribution >= 4 is 29.0 Å². The van der Waals surface area contributed by atoms with Crippen molar-refractivity contribution in [3.05, 3.63) is 70.9 Å². The molecule has 184 valence electrons. The molecule has 0 aromatic heterocycles. The Kier molecular flexibility index (Phi) is 6.34. The number of carbonyl (C=O) groups is 3. The quantitative estimate of drug-likeness (QED) is 0.568. The summed E-state index contributed by atoms with van der Waals surface area (Å²) < 4.78 is 0. The summed E-state index contributed by atoms with van der Waals surface area (Å²) >= 11 is 0. The lowest BCUT2D eigenvalue weighted by Crippen LogP contribution is -2.39. The monoisotopic (exact) mass is 474 g/mol. The van der Waals surface area contributed by atoms with Crippen LogP contribution in [0.2, 0.25) is 0 Å². The van der Waals surface area contributed by atoms with E-state index in [0.29, 0.717) is 24.1 Å². The third-order valence-electron chi connectivity index (χ3n) is 6.81. The predicted molar refractivity (Wildman–Crippen MR) is 137 cm³/mol. The first kappa shape index (κ1) is 24.7. The summed E-state index contributed by atoms with van der Waals surface area (Å²) in [5.41, 5.74) is 4.55. The molecule has 1 aliphatic carbocycles. The number of Topliss-reactive ketones (excluding diaryl/α,β-unsaturated/α-hetero) is 1. The average molecular weight is 475 g/mol. The van der Waals surface area contributed by atoms with E-state index >= 15 is 0 Å². The van der Waals surface area contributed by atoms with Gasteiger partial charge in [0.2, 0.25) is 5.91 Å². The van der Waals surface area contributed by atoms with Gasteiger partial charge in [0.15, 0.2) is 5.78 Å². The Morgan fingerprint density at radius 1 is 1.03 bits per heavy atom. The number of allylic oxidation sites excluding steroid dienone is 1. The number of amides is 1. The number of hydrogen-bond donors (Lipinski definition) is 2. The lowest BCUT2D eigenvalue weighted by atomic mass is 9.73. The van der Waals surface area contributed by atoms with Gasteiger partial charge in [-0.2, -0.15) is 0 Å². The van der Waals surface area contributed by atoms with E-state index in [4.69, 9.17) is 0 Å². The Labute approximate surface area is 207 Å². The molecule has 2 aliphatic rings. The number of carboxylic acids is 1. The minimum atomic E-state index is -1.03. The van der Waals surface area contributed by atoms with Crippen LogP contribution in [0.15, 0.2) is 59.8 Å². The molecule has 0 spiro atoms. The topological polar surface area (TPSA) is 86.7 Å². The molecule has 0 saturated heterocycles.